The highest BCUT2D eigenvalue weighted by atomic mass is 79.9. The number of nitrogens with one attached hydrogen (secondary N) is 1. The second-order valence-electron chi connectivity index (χ2n) is 3.39. The number of fused-ring (bicyclic) bond motifs is 1. The Morgan fingerprint density at radius 1 is 1.44 bits per heavy atom. The Balaban J connectivity index is 2.65. The zero-order valence-corrected chi connectivity index (χ0v) is 10.3. The van der Waals surface area contributed by atoms with Crippen LogP contribution in [0.1, 0.15) is 0 Å². The van der Waals surface area contributed by atoms with Crippen LogP contribution in [0.5, 0.6) is 0 Å². The van der Waals surface area contributed by atoms with E-state index in [2.05, 4.69) is 32.8 Å². The van der Waals surface area contributed by atoms with Crippen LogP contribution in [-0.2, 0) is 0 Å². The maximum Gasteiger partial charge on any atom is 0.135 e. The van der Waals surface area contributed by atoms with Crippen LogP contribution in [0.25, 0.3) is 10.8 Å². The molecule has 0 aliphatic heterocycles. The van der Waals surface area contributed by atoms with Crippen molar-refractivity contribution in [2.75, 3.05) is 17.6 Å². The molecule has 1 aromatic heterocycles. The van der Waals surface area contributed by atoms with Gasteiger partial charge in [-0.3, -0.25) is 0 Å². The summed E-state index contributed by atoms with van der Waals surface area (Å²) >= 11 is 3.51. The number of nitrogens with two attached hydrogens (primary N) is 1. The molecule has 2 aromatic rings. The Morgan fingerprint density at radius 2 is 2.25 bits per heavy atom. The fourth-order valence-corrected chi connectivity index (χ4v) is 2.12. The first-order valence-corrected chi connectivity index (χ1v) is 5.71. The lowest BCUT2D eigenvalue weighted by Crippen LogP contribution is -2.01. The molecule has 2 rings (SSSR count). The van der Waals surface area contributed by atoms with E-state index < -0.39 is 0 Å². The van der Waals surface area contributed by atoms with Gasteiger partial charge in [-0.25, -0.2) is 4.98 Å². The van der Waals surface area contributed by atoms with E-state index in [1.165, 1.54) is 0 Å². The quantitative estimate of drug-likeness (QED) is 0.669. The van der Waals surface area contributed by atoms with E-state index in [0.717, 1.165) is 26.8 Å². The van der Waals surface area contributed by atoms with Gasteiger partial charge >= 0.3 is 0 Å². The molecule has 3 nitrogen and oxygen atoms in total. The van der Waals surface area contributed by atoms with Crippen molar-refractivity contribution in [3.63, 3.8) is 0 Å². The Morgan fingerprint density at radius 3 is 3.00 bits per heavy atom. The van der Waals surface area contributed by atoms with E-state index in [1.54, 1.807) is 12.3 Å². The van der Waals surface area contributed by atoms with Crippen molar-refractivity contribution in [2.45, 2.75) is 0 Å². The van der Waals surface area contributed by atoms with Crippen LogP contribution in [-0.4, -0.2) is 11.5 Å². The fraction of sp³-hybridized carbons (Fsp3) is 0.0833. The monoisotopic (exact) mass is 277 g/mol. The molecule has 0 atom stereocenters. The molecule has 0 saturated carbocycles. The van der Waals surface area contributed by atoms with Crippen molar-refractivity contribution in [3.8, 4) is 0 Å². The molecule has 0 spiro atoms. The Labute approximate surface area is 102 Å². The lowest BCUT2D eigenvalue weighted by atomic mass is 10.1. The van der Waals surface area contributed by atoms with E-state index in [-0.39, 0.29) is 0 Å². The minimum Gasteiger partial charge on any atom is -0.398 e. The minimum absolute atomic E-state index is 0.674. The Hall–Kier alpha value is -1.55. The first-order valence-electron chi connectivity index (χ1n) is 4.91. The second-order valence-corrected chi connectivity index (χ2v) is 4.24. The normalized spacial score (nSPS) is 10.3. The molecule has 16 heavy (non-hydrogen) atoms. The zero-order valence-electron chi connectivity index (χ0n) is 8.70. The SMILES string of the molecule is C=CCNc1nccc2c(N)ccc(Br)c12. The van der Waals surface area contributed by atoms with Gasteiger partial charge in [-0.1, -0.05) is 22.0 Å². The topological polar surface area (TPSA) is 50.9 Å². The highest BCUT2D eigenvalue weighted by Gasteiger charge is 2.07. The van der Waals surface area contributed by atoms with Crippen molar-refractivity contribution in [1.82, 2.24) is 4.98 Å². The van der Waals surface area contributed by atoms with E-state index in [1.807, 2.05) is 18.2 Å². The van der Waals surface area contributed by atoms with Crippen molar-refractivity contribution in [3.05, 3.63) is 41.5 Å². The highest BCUT2D eigenvalue weighted by molar-refractivity contribution is 9.10. The average molecular weight is 278 g/mol. The molecule has 0 bridgehead atoms. The van der Waals surface area contributed by atoms with E-state index in [4.69, 9.17) is 5.73 Å². The van der Waals surface area contributed by atoms with Crippen molar-refractivity contribution < 1.29 is 0 Å². The van der Waals surface area contributed by atoms with Gasteiger partial charge in [0, 0.05) is 33.7 Å². The number of hydrogen-bond acceptors (Lipinski definition) is 3. The van der Waals surface area contributed by atoms with Gasteiger partial charge in [0.05, 0.1) is 0 Å². The van der Waals surface area contributed by atoms with E-state index >= 15 is 0 Å². The van der Waals surface area contributed by atoms with Crippen LogP contribution in [0, 0.1) is 0 Å². The molecule has 0 fully saturated rings. The Kier molecular flexibility index (Phi) is 3.10. The smallest absolute Gasteiger partial charge is 0.135 e. The summed E-state index contributed by atoms with van der Waals surface area (Å²) in [6.45, 7) is 4.34. The van der Waals surface area contributed by atoms with Gasteiger partial charge in [-0.05, 0) is 18.2 Å². The molecule has 0 unspecified atom stereocenters. The third-order valence-electron chi connectivity index (χ3n) is 2.32. The molecule has 3 N–H and O–H groups in total. The third-order valence-corrected chi connectivity index (χ3v) is 2.98. The summed E-state index contributed by atoms with van der Waals surface area (Å²) in [4.78, 5) is 4.30. The van der Waals surface area contributed by atoms with Gasteiger partial charge in [-0.2, -0.15) is 0 Å². The summed E-state index contributed by atoms with van der Waals surface area (Å²) in [6, 6.07) is 5.72. The van der Waals surface area contributed by atoms with Crippen LogP contribution >= 0.6 is 15.9 Å². The lowest BCUT2D eigenvalue weighted by molar-refractivity contribution is 1.25. The van der Waals surface area contributed by atoms with Gasteiger partial charge in [0.25, 0.3) is 0 Å². The van der Waals surface area contributed by atoms with Crippen molar-refractivity contribution >= 4 is 38.2 Å². The molecule has 82 valence electrons. The predicted molar refractivity (Wildman–Crippen MR) is 72.5 cm³/mol. The number of halogens is 1. The number of nitrogen functional groups attached to an aromatic ring is 1. The van der Waals surface area contributed by atoms with Gasteiger partial charge in [0.15, 0.2) is 0 Å². The number of anilines is 2. The summed E-state index contributed by atoms with van der Waals surface area (Å²) < 4.78 is 0.983. The maximum atomic E-state index is 5.93. The standard InChI is InChI=1S/C12H12BrN3/c1-2-6-15-12-11-8(5-7-16-12)10(14)4-3-9(11)13/h2-5,7H,1,6,14H2,(H,15,16). The Bertz CT molecular complexity index is 537. The second kappa shape index (κ2) is 4.53. The molecular weight excluding hydrogens is 266 g/mol. The largest absolute Gasteiger partial charge is 0.398 e. The summed E-state index contributed by atoms with van der Waals surface area (Å²) in [5.74, 6) is 0.816. The number of hydrogen-bond donors (Lipinski definition) is 2. The number of rotatable bonds is 3. The van der Waals surface area contributed by atoms with Gasteiger partial charge in [0.1, 0.15) is 5.82 Å². The minimum atomic E-state index is 0.674. The molecule has 0 aliphatic carbocycles. The van der Waals surface area contributed by atoms with E-state index in [0.29, 0.717) is 6.54 Å². The highest BCUT2D eigenvalue weighted by Crippen LogP contribution is 2.32. The van der Waals surface area contributed by atoms with Crippen LogP contribution in [0.15, 0.2) is 41.5 Å². The van der Waals surface area contributed by atoms with Crippen LogP contribution in [0.3, 0.4) is 0 Å². The van der Waals surface area contributed by atoms with Crippen molar-refractivity contribution in [1.29, 1.82) is 0 Å². The molecular formula is C12H12BrN3. The number of pyridine rings is 1. The molecule has 4 heteroatoms. The molecule has 1 heterocycles. The molecule has 1 aromatic carbocycles. The summed E-state index contributed by atoms with van der Waals surface area (Å²) in [7, 11) is 0. The third kappa shape index (κ3) is 1.88. The molecule has 0 saturated heterocycles. The number of nitrogens with zero attached hydrogens (tertiary/aromatic N) is 1. The molecule has 0 amide bonds. The number of aromatic nitrogens is 1. The summed E-state index contributed by atoms with van der Waals surface area (Å²) in [5, 5.41) is 5.19. The van der Waals surface area contributed by atoms with Gasteiger partial charge in [-0.15, -0.1) is 6.58 Å². The van der Waals surface area contributed by atoms with Gasteiger partial charge < -0.3 is 11.1 Å². The average Bonchev–Trinajstić information content (AvgIpc) is 2.31. The van der Waals surface area contributed by atoms with Gasteiger partial charge in [0.2, 0.25) is 0 Å². The summed E-state index contributed by atoms with van der Waals surface area (Å²) in [6.07, 6.45) is 3.54. The fourth-order valence-electron chi connectivity index (χ4n) is 1.58. The van der Waals surface area contributed by atoms with E-state index in [9.17, 15) is 0 Å². The molecule has 0 aliphatic rings. The van der Waals surface area contributed by atoms with Crippen molar-refractivity contribution in [2.24, 2.45) is 0 Å². The van der Waals surface area contributed by atoms with Crippen LogP contribution < -0.4 is 11.1 Å². The summed E-state index contributed by atoms with van der Waals surface area (Å²) in [5.41, 5.74) is 6.68. The van der Waals surface area contributed by atoms with Crippen LogP contribution in [0.4, 0.5) is 11.5 Å². The first-order chi connectivity index (χ1) is 7.74. The zero-order chi connectivity index (χ0) is 11.5. The molecule has 0 radical (unpaired) electrons. The first kappa shape index (κ1) is 11.0. The maximum absolute atomic E-state index is 5.93. The van der Waals surface area contributed by atoms with Crippen LogP contribution in [0.2, 0.25) is 0 Å². The lowest BCUT2D eigenvalue weighted by Gasteiger charge is -2.10. The number of benzene rings is 1. The predicted octanol–water partition coefficient (Wildman–Crippen LogP) is 3.18.